The van der Waals surface area contributed by atoms with Crippen LogP contribution in [0.15, 0.2) is 0 Å². The van der Waals surface area contributed by atoms with Crippen LogP contribution >= 0.6 is 0 Å². The van der Waals surface area contributed by atoms with E-state index in [-0.39, 0.29) is 24.0 Å². The van der Waals surface area contributed by atoms with E-state index in [1.54, 1.807) is 16.7 Å². The number of carbonyl (C=O) groups is 2. The first-order chi connectivity index (χ1) is 9.01. The Kier molecular flexibility index (Phi) is 6.12. The summed E-state index contributed by atoms with van der Waals surface area (Å²) in [6.45, 7) is 7.46. The van der Waals surface area contributed by atoms with Crippen LogP contribution in [0.1, 0.15) is 40.0 Å². The average Bonchev–Trinajstić information content (AvgIpc) is 2.45. The summed E-state index contributed by atoms with van der Waals surface area (Å²) >= 11 is 0. The van der Waals surface area contributed by atoms with Gasteiger partial charge in [0.25, 0.3) is 0 Å². The molecule has 5 heteroatoms. The maximum Gasteiger partial charge on any atom is 0.409 e. The summed E-state index contributed by atoms with van der Waals surface area (Å²) in [6.07, 6.45) is 2.36. The quantitative estimate of drug-likeness (QED) is 0.786. The Balaban J connectivity index is 2.59. The molecule has 0 saturated carbocycles. The number of carbonyl (C=O) groups excluding carboxylic acids is 2. The highest BCUT2D eigenvalue weighted by Gasteiger charge is 2.31. The van der Waals surface area contributed by atoms with Crippen LogP contribution in [-0.4, -0.2) is 54.6 Å². The second-order valence-corrected chi connectivity index (χ2v) is 5.19. The Morgan fingerprint density at radius 1 is 1.42 bits per heavy atom. The molecule has 1 saturated heterocycles. The van der Waals surface area contributed by atoms with Crippen LogP contribution in [0.25, 0.3) is 0 Å². The van der Waals surface area contributed by atoms with Gasteiger partial charge in [0, 0.05) is 26.2 Å². The van der Waals surface area contributed by atoms with Gasteiger partial charge in [-0.1, -0.05) is 6.92 Å². The smallest absolute Gasteiger partial charge is 0.409 e. The summed E-state index contributed by atoms with van der Waals surface area (Å²) in [6, 6.07) is 0.241. The van der Waals surface area contributed by atoms with Crippen molar-refractivity contribution in [2.45, 2.75) is 46.1 Å². The van der Waals surface area contributed by atoms with Crippen LogP contribution in [0, 0.1) is 5.92 Å². The molecule has 0 spiro atoms. The van der Waals surface area contributed by atoms with Gasteiger partial charge in [-0.3, -0.25) is 4.79 Å². The van der Waals surface area contributed by atoms with Crippen LogP contribution in [0.4, 0.5) is 4.79 Å². The molecule has 0 aliphatic carbocycles. The first kappa shape index (κ1) is 15.8. The Morgan fingerprint density at radius 3 is 2.68 bits per heavy atom. The van der Waals surface area contributed by atoms with E-state index in [1.165, 1.54) is 0 Å². The highest BCUT2D eigenvalue weighted by atomic mass is 16.6. The number of amides is 2. The number of piperidine rings is 1. The summed E-state index contributed by atoms with van der Waals surface area (Å²) in [5.74, 6) is 0.0560. The van der Waals surface area contributed by atoms with Crippen LogP contribution in [0.3, 0.4) is 0 Å². The Labute approximate surface area is 115 Å². The van der Waals surface area contributed by atoms with E-state index in [2.05, 4.69) is 6.92 Å². The minimum absolute atomic E-state index is 0.0860. The predicted octanol–water partition coefficient (Wildman–Crippen LogP) is 2.11. The van der Waals surface area contributed by atoms with Gasteiger partial charge in [0.2, 0.25) is 5.91 Å². The van der Waals surface area contributed by atoms with Gasteiger partial charge in [0.15, 0.2) is 0 Å². The molecule has 0 aromatic carbocycles. The predicted molar refractivity (Wildman–Crippen MR) is 73.8 cm³/mol. The van der Waals surface area contributed by atoms with Gasteiger partial charge in [0.1, 0.15) is 0 Å². The van der Waals surface area contributed by atoms with Crippen molar-refractivity contribution in [3.8, 4) is 0 Å². The van der Waals surface area contributed by atoms with Crippen molar-refractivity contribution in [2.75, 3.05) is 26.7 Å². The van der Waals surface area contributed by atoms with Gasteiger partial charge in [-0.15, -0.1) is 0 Å². The molecule has 1 rings (SSSR count). The molecule has 2 atom stereocenters. The van der Waals surface area contributed by atoms with E-state index >= 15 is 0 Å². The second kappa shape index (κ2) is 7.36. The van der Waals surface area contributed by atoms with Gasteiger partial charge in [-0.25, -0.2) is 4.79 Å². The largest absolute Gasteiger partial charge is 0.450 e. The first-order valence-electron chi connectivity index (χ1n) is 7.19. The standard InChI is InChI=1S/C14H26N2O3/c1-5-11(3)15(4)13(17)12-8-7-9-16(10-12)14(18)19-6-2/h11-12H,5-10H2,1-4H3. The molecule has 0 radical (unpaired) electrons. The molecule has 1 heterocycles. The zero-order chi connectivity index (χ0) is 14.4. The number of likely N-dealkylation sites (tertiary alicyclic amines) is 1. The van der Waals surface area contributed by atoms with E-state index in [4.69, 9.17) is 4.74 Å². The Bertz CT molecular complexity index is 320. The SMILES string of the molecule is CCOC(=O)N1CCCC(C(=O)N(C)C(C)CC)C1. The van der Waals surface area contributed by atoms with Gasteiger partial charge < -0.3 is 14.5 Å². The lowest BCUT2D eigenvalue weighted by molar-refractivity contribution is -0.137. The van der Waals surface area contributed by atoms with Gasteiger partial charge in [-0.2, -0.15) is 0 Å². The van der Waals surface area contributed by atoms with E-state index in [1.807, 2.05) is 14.0 Å². The zero-order valence-corrected chi connectivity index (χ0v) is 12.5. The fourth-order valence-corrected chi connectivity index (χ4v) is 2.34. The summed E-state index contributed by atoms with van der Waals surface area (Å²) in [4.78, 5) is 27.5. The lowest BCUT2D eigenvalue weighted by atomic mass is 9.96. The van der Waals surface area contributed by atoms with Crippen LogP contribution < -0.4 is 0 Å². The van der Waals surface area contributed by atoms with Gasteiger partial charge >= 0.3 is 6.09 Å². The van der Waals surface area contributed by atoms with Gasteiger partial charge in [0.05, 0.1) is 12.5 Å². The van der Waals surface area contributed by atoms with E-state index in [0.29, 0.717) is 19.7 Å². The molecule has 2 unspecified atom stereocenters. The number of rotatable bonds is 4. The molecule has 19 heavy (non-hydrogen) atoms. The highest BCUT2D eigenvalue weighted by molar-refractivity contribution is 5.80. The number of hydrogen-bond acceptors (Lipinski definition) is 3. The molecule has 0 bridgehead atoms. The van der Waals surface area contributed by atoms with Crippen LogP contribution in [0.2, 0.25) is 0 Å². The summed E-state index contributed by atoms with van der Waals surface area (Å²) in [5, 5.41) is 0. The maximum atomic E-state index is 12.4. The van der Waals surface area contributed by atoms with Crippen molar-refractivity contribution in [1.82, 2.24) is 9.80 Å². The molecule has 0 aromatic rings. The molecule has 110 valence electrons. The van der Waals surface area contributed by atoms with Crippen molar-refractivity contribution in [3.63, 3.8) is 0 Å². The summed E-state index contributed by atoms with van der Waals surface area (Å²) < 4.78 is 5.00. The minimum atomic E-state index is -0.300. The van der Waals surface area contributed by atoms with E-state index < -0.39 is 0 Å². The molecule has 1 fully saturated rings. The lowest BCUT2D eigenvalue weighted by Crippen LogP contribution is -2.47. The normalized spacial score (nSPS) is 20.8. The molecule has 0 N–H and O–H groups in total. The number of hydrogen-bond donors (Lipinski definition) is 0. The third-order valence-electron chi connectivity index (χ3n) is 3.90. The fourth-order valence-electron chi connectivity index (χ4n) is 2.34. The van der Waals surface area contributed by atoms with E-state index in [9.17, 15) is 9.59 Å². The molecule has 5 nitrogen and oxygen atoms in total. The topological polar surface area (TPSA) is 49.9 Å². The molecular weight excluding hydrogens is 244 g/mol. The third kappa shape index (κ3) is 4.11. The zero-order valence-electron chi connectivity index (χ0n) is 12.5. The fraction of sp³-hybridized carbons (Fsp3) is 0.857. The molecule has 0 aromatic heterocycles. The second-order valence-electron chi connectivity index (χ2n) is 5.19. The van der Waals surface area contributed by atoms with Crippen LogP contribution in [-0.2, 0) is 9.53 Å². The lowest BCUT2D eigenvalue weighted by Gasteiger charge is -2.34. The maximum absolute atomic E-state index is 12.4. The van der Waals surface area contributed by atoms with Crippen molar-refractivity contribution < 1.29 is 14.3 Å². The van der Waals surface area contributed by atoms with Crippen molar-refractivity contribution in [3.05, 3.63) is 0 Å². The van der Waals surface area contributed by atoms with Crippen molar-refractivity contribution >= 4 is 12.0 Å². The Hall–Kier alpha value is -1.26. The monoisotopic (exact) mass is 270 g/mol. The minimum Gasteiger partial charge on any atom is -0.450 e. The molecular formula is C14H26N2O3. The van der Waals surface area contributed by atoms with Crippen LogP contribution in [0.5, 0.6) is 0 Å². The summed E-state index contributed by atoms with van der Waals surface area (Å²) in [7, 11) is 1.85. The third-order valence-corrected chi connectivity index (χ3v) is 3.90. The molecule has 1 aliphatic rings. The summed E-state index contributed by atoms with van der Waals surface area (Å²) in [5.41, 5.74) is 0. The molecule has 1 aliphatic heterocycles. The Morgan fingerprint density at radius 2 is 2.11 bits per heavy atom. The number of nitrogens with zero attached hydrogens (tertiary/aromatic N) is 2. The highest BCUT2D eigenvalue weighted by Crippen LogP contribution is 2.20. The van der Waals surface area contributed by atoms with Crippen molar-refractivity contribution in [1.29, 1.82) is 0 Å². The van der Waals surface area contributed by atoms with Gasteiger partial charge in [-0.05, 0) is 33.1 Å². The average molecular weight is 270 g/mol. The number of ether oxygens (including phenoxy) is 1. The first-order valence-corrected chi connectivity index (χ1v) is 7.19. The van der Waals surface area contributed by atoms with Crippen molar-refractivity contribution in [2.24, 2.45) is 5.92 Å². The van der Waals surface area contributed by atoms with E-state index in [0.717, 1.165) is 19.3 Å². The molecule has 2 amide bonds.